The lowest BCUT2D eigenvalue weighted by Crippen LogP contribution is -2.82. The van der Waals surface area contributed by atoms with E-state index in [0.717, 1.165) is 89.4 Å². The summed E-state index contributed by atoms with van der Waals surface area (Å²) in [5.41, 5.74) is 0.166. The second kappa shape index (κ2) is 15.1. The molecule has 6 nitrogen and oxygen atoms in total. The van der Waals surface area contributed by atoms with E-state index in [4.69, 9.17) is 9.47 Å². The van der Waals surface area contributed by atoms with E-state index >= 15 is 0 Å². The number of ether oxygens (including phenoxy) is 2. The summed E-state index contributed by atoms with van der Waals surface area (Å²) in [5.74, 6) is 8.89. The van der Waals surface area contributed by atoms with Crippen LogP contribution < -0.4 is 0 Å². The molecule has 0 unspecified atom stereocenters. The molecule has 2 spiro atoms. The van der Waals surface area contributed by atoms with Crippen molar-refractivity contribution in [2.75, 3.05) is 20.3 Å². The monoisotopic (exact) mass is 851 g/mol. The van der Waals surface area contributed by atoms with Crippen LogP contribution in [0.3, 0.4) is 0 Å². The molecule has 8 aliphatic carbocycles. The molecule has 15 atom stereocenters. The second-order valence-corrected chi connectivity index (χ2v) is 24.9. The Hall–Kier alpha value is -1.91. The van der Waals surface area contributed by atoms with Crippen molar-refractivity contribution in [2.24, 2.45) is 78.8 Å². The van der Waals surface area contributed by atoms with Crippen molar-refractivity contribution in [1.29, 1.82) is 0 Å². The molecule has 0 radical (unpaired) electrons. The third kappa shape index (κ3) is 5.59. The summed E-state index contributed by atoms with van der Waals surface area (Å²) >= 11 is 0. The van der Waals surface area contributed by atoms with E-state index < -0.39 is 28.0 Å². The van der Waals surface area contributed by atoms with Gasteiger partial charge in [-0.05, 0) is 166 Å². The Balaban J connectivity index is 1.13. The van der Waals surface area contributed by atoms with Gasteiger partial charge in [0, 0.05) is 42.1 Å². The van der Waals surface area contributed by atoms with Crippen LogP contribution in [0.4, 0.5) is 0 Å². The third-order valence-corrected chi connectivity index (χ3v) is 23.3. The van der Waals surface area contributed by atoms with Crippen LogP contribution in [0.5, 0.6) is 0 Å². The first-order valence-corrected chi connectivity index (χ1v) is 25.9. The van der Waals surface area contributed by atoms with Crippen LogP contribution in [-0.2, 0) is 27.1 Å². The number of benzene rings is 1. The highest BCUT2D eigenvalue weighted by molar-refractivity contribution is 5.74. The van der Waals surface area contributed by atoms with E-state index in [1.807, 2.05) is 0 Å². The average Bonchev–Trinajstić information content (AvgIpc) is 3.41. The Labute approximate surface area is 374 Å². The largest absolute Gasteiger partial charge is 0.481 e. The number of hydrogen-bond acceptors (Lipinski definition) is 5. The van der Waals surface area contributed by atoms with Crippen molar-refractivity contribution < 1.29 is 29.6 Å². The summed E-state index contributed by atoms with van der Waals surface area (Å²) in [6, 6.07) is 9.00. The summed E-state index contributed by atoms with van der Waals surface area (Å²) in [5, 5.41) is 36.6. The number of aliphatic hydroxyl groups is 2. The molecular formula is C56H82O6. The standard InChI is InChI=1S/C56H82O6/c1-38-54-31-30-53-24-10-13-40(15-14-39-11-8-7-9-12-39)22-25-52(45-36-49(3,47(58)59)27-26-48(45,2)28-29-50(52,53)4)34-43-20-21-44(55(54,37-57)51(43,53)5)35-56(38,60)62-46(54)33-42-18-16-41(17-19-42)23-32-61-6/h16-19,38-40,43-46,57,60H,7-9,11-15,20-23,25-37H2,1-6H3,(H,58,59)/t38-,40-,43+,44+,45-,46+,48-,49-,50+,51-,52+,53-,54-,55+,56+/m1/s1. The summed E-state index contributed by atoms with van der Waals surface area (Å²) in [6.45, 7) is 13.1. The average molecular weight is 851 g/mol. The quantitative estimate of drug-likeness (QED) is 0.203. The fourth-order valence-electron chi connectivity index (χ4n) is 19.8. The van der Waals surface area contributed by atoms with E-state index in [2.05, 4.69) is 70.7 Å². The van der Waals surface area contributed by atoms with Crippen molar-refractivity contribution in [3.8, 4) is 11.8 Å². The number of carbonyl (C=O) groups is 1. The van der Waals surface area contributed by atoms with Crippen molar-refractivity contribution in [3.63, 3.8) is 0 Å². The normalized spacial score (nSPS) is 50.4. The highest BCUT2D eigenvalue weighted by Gasteiger charge is 2.89. The van der Waals surface area contributed by atoms with Crippen LogP contribution in [0.1, 0.15) is 181 Å². The molecule has 7 saturated carbocycles. The van der Waals surface area contributed by atoms with Gasteiger partial charge in [0.15, 0.2) is 5.79 Å². The van der Waals surface area contributed by atoms with Gasteiger partial charge in [0.25, 0.3) is 0 Å². The van der Waals surface area contributed by atoms with Gasteiger partial charge in [-0.2, -0.15) is 0 Å². The van der Waals surface area contributed by atoms with Crippen molar-refractivity contribution in [1.82, 2.24) is 0 Å². The first-order valence-electron chi connectivity index (χ1n) is 25.9. The minimum absolute atomic E-state index is 0.0332. The minimum atomic E-state index is -1.21. The van der Waals surface area contributed by atoms with Gasteiger partial charge in [-0.1, -0.05) is 96.4 Å². The van der Waals surface area contributed by atoms with Crippen LogP contribution in [-0.4, -0.2) is 53.5 Å². The van der Waals surface area contributed by atoms with Gasteiger partial charge in [0.05, 0.1) is 24.7 Å². The highest BCUT2D eigenvalue weighted by Crippen LogP contribution is 2.91. The molecule has 6 heteroatoms. The first-order chi connectivity index (χ1) is 29.6. The third-order valence-electron chi connectivity index (χ3n) is 23.3. The predicted octanol–water partition coefficient (Wildman–Crippen LogP) is 11.6. The van der Waals surface area contributed by atoms with E-state index in [1.54, 1.807) is 7.11 Å². The lowest BCUT2D eigenvalue weighted by atomic mass is 9.18. The molecule has 3 N–H and O–H groups in total. The van der Waals surface area contributed by atoms with Crippen LogP contribution >= 0.6 is 0 Å². The molecule has 0 amide bonds. The number of methoxy groups -OCH3 is 1. The van der Waals surface area contributed by atoms with E-state index in [1.165, 1.54) is 68.9 Å². The second-order valence-electron chi connectivity index (χ2n) is 24.9. The smallest absolute Gasteiger partial charge is 0.309 e. The van der Waals surface area contributed by atoms with Gasteiger partial charge in [0.1, 0.15) is 0 Å². The Bertz CT molecular complexity index is 1950. The zero-order valence-electron chi connectivity index (χ0n) is 39.6. The molecule has 9 aliphatic rings. The fraction of sp³-hybridized carbons (Fsp3) is 0.839. The minimum Gasteiger partial charge on any atom is -0.481 e. The summed E-state index contributed by atoms with van der Waals surface area (Å²) in [4.78, 5) is 13.3. The fourth-order valence-corrected chi connectivity index (χ4v) is 19.8. The van der Waals surface area contributed by atoms with Gasteiger partial charge < -0.3 is 24.8 Å². The lowest BCUT2D eigenvalue weighted by Gasteiger charge is -2.85. The Morgan fingerprint density at radius 3 is 2.26 bits per heavy atom. The van der Waals surface area contributed by atoms with Gasteiger partial charge in [-0.15, -0.1) is 5.92 Å². The number of carboxylic acids is 1. The zero-order chi connectivity index (χ0) is 43.6. The summed E-state index contributed by atoms with van der Waals surface area (Å²) in [7, 11) is 1.76. The van der Waals surface area contributed by atoms with Crippen molar-refractivity contribution in [3.05, 3.63) is 35.4 Å². The van der Waals surface area contributed by atoms with Crippen LogP contribution in [0.25, 0.3) is 0 Å². The lowest BCUT2D eigenvalue weighted by molar-refractivity contribution is -0.378. The highest BCUT2D eigenvalue weighted by atomic mass is 16.6. The molecule has 342 valence electrons. The maximum absolute atomic E-state index is 13.3. The van der Waals surface area contributed by atoms with Gasteiger partial charge in [0.2, 0.25) is 0 Å². The van der Waals surface area contributed by atoms with Crippen LogP contribution in [0, 0.1) is 90.7 Å². The van der Waals surface area contributed by atoms with Gasteiger partial charge >= 0.3 is 5.97 Å². The Morgan fingerprint density at radius 2 is 1.53 bits per heavy atom. The molecule has 1 heterocycles. The van der Waals surface area contributed by atoms with Gasteiger partial charge in [-0.3, -0.25) is 4.79 Å². The molecule has 4 bridgehead atoms. The first kappa shape index (κ1) is 44.0. The molecule has 8 fully saturated rings. The summed E-state index contributed by atoms with van der Waals surface area (Å²) in [6.07, 6.45) is 24.7. The molecule has 1 aliphatic heterocycles. The van der Waals surface area contributed by atoms with Crippen LogP contribution in [0.2, 0.25) is 0 Å². The molecular weight excluding hydrogens is 769 g/mol. The van der Waals surface area contributed by atoms with Crippen molar-refractivity contribution >= 4 is 5.97 Å². The molecule has 1 aromatic carbocycles. The van der Waals surface area contributed by atoms with E-state index in [-0.39, 0.29) is 51.6 Å². The van der Waals surface area contributed by atoms with Gasteiger partial charge in [-0.25, -0.2) is 0 Å². The number of aliphatic carboxylic acids is 1. The maximum Gasteiger partial charge on any atom is 0.309 e. The van der Waals surface area contributed by atoms with E-state index in [0.29, 0.717) is 30.8 Å². The number of carboxylic acid groups (broad SMARTS) is 1. The molecule has 10 rings (SSSR count). The maximum atomic E-state index is 13.3. The molecule has 62 heavy (non-hydrogen) atoms. The van der Waals surface area contributed by atoms with E-state index in [9.17, 15) is 20.1 Å². The number of fused-ring (bicyclic) bond motifs is 2. The Morgan fingerprint density at radius 1 is 0.823 bits per heavy atom. The molecule has 1 saturated heterocycles. The topological polar surface area (TPSA) is 96.2 Å². The number of hydrogen-bond donors (Lipinski definition) is 3. The molecule has 0 aromatic heterocycles. The van der Waals surface area contributed by atoms with Crippen molar-refractivity contribution in [2.45, 2.75) is 194 Å². The van der Waals surface area contributed by atoms with Crippen LogP contribution in [0.15, 0.2) is 24.3 Å². The number of aliphatic hydroxyl groups excluding tert-OH is 1. The predicted molar refractivity (Wildman–Crippen MR) is 244 cm³/mol. The molecule has 1 aromatic rings. The number of rotatable bonds is 10. The summed E-state index contributed by atoms with van der Waals surface area (Å²) < 4.78 is 12.6. The SMILES string of the molecule is COCCc1ccc(C[C@@H]2O[C@@]3(O)C[C@@H]4CC[C@H]5C[C@]67CC[C@@H](CCC8CCCCC8)CC#C[C@@]8(CC[C@]2([C@H]3C)[C@]4(CO)[C@]58C)[C@@]6(C)CC[C@@]2(C)CC[C@@](C)(C(=O)O)C[C@H]27)cc1. The Kier molecular flexibility index (Phi) is 10.7. The zero-order valence-corrected chi connectivity index (χ0v) is 39.6.